The Balaban J connectivity index is 1.62. The van der Waals surface area contributed by atoms with Crippen LogP contribution in [-0.4, -0.2) is 14.3 Å². The van der Waals surface area contributed by atoms with Gasteiger partial charge in [-0.05, 0) is 42.0 Å². The summed E-state index contributed by atoms with van der Waals surface area (Å²) in [5.74, 6) is 0.194. The van der Waals surface area contributed by atoms with Crippen molar-refractivity contribution in [1.29, 1.82) is 10.5 Å². The zero-order chi connectivity index (χ0) is 24.4. The highest BCUT2D eigenvalue weighted by molar-refractivity contribution is 6.30. The van der Waals surface area contributed by atoms with Crippen molar-refractivity contribution < 1.29 is 0 Å². The third kappa shape index (κ3) is 4.15. The maximum absolute atomic E-state index is 10.0. The van der Waals surface area contributed by atoms with Crippen LogP contribution in [0.4, 0.5) is 5.82 Å². The number of rotatable bonds is 5. The van der Waals surface area contributed by atoms with Crippen molar-refractivity contribution in [2.45, 2.75) is 6.54 Å². The highest BCUT2D eigenvalue weighted by Gasteiger charge is 2.20. The summed E-state index contributed by atoms with van der Waals surface area (Å²) >= 11 is 6.04. The van der Waals surface area contributed by atoms with Gasteiger partial charge >= 0.3 is 0 Å². The number of halogens is 1. The monoisotopic (exact) mass is 474 g/mol. The van der Waals surface area contributed by atoms with E-state index in [0.29, 0.717) is 17.3 Å². The van der Waals surface area contributed by atoms with E-state index in [1.165, 1.54) is 4.68 Å². The molecule has 2 N–H and O–H groups in total. The van der Waals surface area contributed by atoms with Crippen LogP contribution in [0, 0.1) is 22.7 Å². The molecule has 35 heavy (non-hydrogen) atoms. The molecule has 5 rings (SSSR count). The average Bonchev–Trinajstić information content (AvgIpc) is 3.41. The van der Waals surface area contributed by atoms with E-state index < -0.39 is 0 Å². The van der Waals surface area contributed by atoms with Crippen molar-refractivity contribution in [3.8, 4) is 17.8 Å². The summed E-state index contributed by atoms with van der Waals surface area (Å²) in [4.78, 5) is 0. The van der Waals surface area contributed by atoms with Gasteiger partial charge in [-0.2, -0.15) is 15.6 Å². The quantitative estimate of drug-likeness (QED) is 0.314. The summed E-state index contributed by atoms with van der Waals surface area (Å²) in [7, 11) is 0. The van der Waals surface area contributed by atoms with Crippen LogP contribution in [-0.2, 0) is 6.54 Å². The van der Waals surface area contributed by atoms with Crippen molar-refractivity contribution in [3.05, 3.63) is 112 Å². The second-order valence-electron chi connectivity index (χ2n) is 7.99. The van der Waals surface area contributed by atoms with Crippen LogP contribution in [0.25, 0.3) is 28.2 Å². The molecule has 7 heteroatoms. The zero-order valence-electron chi connectivity index (χ0n) is 18.6. The van der Waals surface area contributed by atoms with Gasteiger partial charge in [0, 0.05) is 34.2 Å². The standard InChI is InChI=1S/C28H19ClN6/c29-22-12-10-19(11-13-22)17-34-18-21(24-8-4-5-9-26(24)34)14-20(15-30)27-25(16-31)28(32)35(33-27)23-6-2-1-3-7-23/h1-14,18H,17,32H2/b20-14-. The molecular formula is C28H19ClN6. The molecule has 0 aliphatic heterocycles. The van der Waals surface area contributed by atoms with E-state index in [0.717, 1.165) is 22.0 Å². The lowest BCUT2D eigenvalue weighted by molar-refractivity contribution is 0.836. The van der Waals surface area contributed by atoms with Crippen LogP contribution < -0.4 is 5.73 Å². The van der Waals surface area contributed by atoms with E-state index >= 15 is 0 Å². The van der Waals surface area contributed by atoms with Crippen LogP contribution in [0.5, 0.6) is 0 Å². The van der Waals surface area contributed by atoms with Gasteiger partial charge in [0.25, 0.3) is 0 Å². The molecule has 0 atom stereocenters. The lowest BCUT2D eigenvalue weighted by Crippen LogP contribution is -2.02. The van der Waals surface area contributed by atoms with Gasteiger partial charge in [0.1, 0.15) is 29.2 Å². The van der Waals surface area contributed by atoms with Crippen LogP contribution >= 0.6 is 11.6 Å². The van der Waals surface area contributed by atoms with Crippen molar-refractivity contribution >= 4 is 40.0 Å². The molecule has 0 radical (unpaired) electrons. The maximum Gasteiger partial charge on any atom is 0.145 e. The molecule has 0 unspecified atom stereocenters. The first-order valence-corrected chi connectivity index (χ1v) is 11.3. The molecular weight excluding hydrogens is 456 g/mol. The number of nitrogens with zero attached hydrogens (tertiary/aromatic N) is 5. The smallest absolute Gasteiger partial charge is 0.145 e. The Morgan fingerprint density at radius 3 is 2.40 bits per heavy atom. The van der Waals surface area contributed by atoms with Crippen LogP contribution in [0.1, 0.15) is 22.4 Å². The molecule has 0 aliphatic rings. The Bertz CT molecular complexity index is 1640. The lowest BCUT2D eigenvalue weighted by Gasteiger charge is -2.05. The van der Waals surface area contributed by atoms with Crippen LogP contribution in [0.3, 0.4) is 0 Å². The second-order valence-corrected chi connectivity index (χ2v) is 8.43. The summed E-state index contributed by atoms with van der Waals surface area (Å²) < 4.78 is 3.62. The lowest BCUT2D eigenvalue weighted by atomic mass is 10.1. The Labute approximate surface area is 207 Å². The van der Waals surface area contributed by atoms with Crippen molar-refractivity contribution in [3.63, 3.8) is 0 Å². The minimum absolute atomic E-state index is 0.173. The van der Waals surface area contributed by atoms with Gasteiger partial charge in [-0.1, -0.05) is 60.1 Å². The number of fused-ring (bicyclic) bond motifs is 1. The van der Waals surface area contributed by atoms with Crippen molar-refractivity contribution in [1.82, 2.24) is 14.3 Å². The van der Waals surface area contributed by atoms with E-state index in [2.05, 4.69) is 21.8 Å². The maximum atomic E-state index is 10.0. The minimum atomic E-state index is 0.173. The summed E-state index contributed by atoms with van der Waals surface area (Å²) in [5, 5.41) is 26.1. The molecule has 6 nitrogen and oxygen atoms in total. The SMILES string of the molecule is N#C/C(=C/c1cn(Cc2ccc(Cl)cc2)c2ccccc12)c1nn(-c2ccccc2)c(N)c1C#N. The molecule has 0 fully saturated rings. The van der Waals surface area contributed by atoms with E-state index in [-0.39, 0.29) is 22.6 Å². The average molecular weight is 475 g/mol. The topological polar surface area (TPSA) is 96.3 Å². The summed E-state index contributed by atoms with van der Waals surface area (Å²) in [6.45, 7) is 0.645. The van der Waals surface area contributed by atoms with E-state index in [1.54, 1.807) is 6.08 Å². The molecule has 0 aliphatic carbocycles. The molecule has 5 aromatic rings. The van der Waals surface area contributed by atoms with Gasteiger partial charge in [0.15, 0.2) is 0 Å². The fourth-order valence-corrected chi connectivity index (χ4v) is 4.24. The molecule has 0 bridgehead atoms. The van der Waals surface area contributed by atoms with Crippen LogP contribution in [0.2, 0.25) is 5.02 Å². The van der Waals surface area contributed by atoms with Gasteiger partial charge in [-0.25, -0.2) is 4.68 Å². The number of nitriles is 2. The van der Waals surface area contributed by atoms with E-state index in [1.807, 2.05) is 85.1 Å². The number of para-hydroxylation sites is 2. The van der Waals surface area contributed by atoms with Crippen molar-refractivity contribution in [2.75, 3.05) is 5.73 Å². The number of aromatic nitrogens is 3. The third-order valence-corrected chi connectivity index (χ3v) is 6.05. The Hall–Kier alpha value is -4.78. The highest BCUT2D eigenvalue weighted by atomic mass is 35.5. The van der Waals surface area contributed by atoms with Gasteiger partial charge in [0.05, 0.1) is 11.3 Å². The molecule has 2 heterocycles. The summed E-state index contributed by atoms with van der Waals surface area (Å²) in [5.41, 5.74) is 10.6. The predicted molar refractivity (Wildman–Crippen MR) is 139 cm³/mol. The first kappa shape index (κ1) is 22.0. The van der Waals surface area contributed by atoms with E-state index in [9.17, 15) is 10.5 Å². The molecule has 168 valence electrons. The first-order valence-electron chi connectivity index (χ1n) is 10.9. The first-order chi connectivity index (χ1) is 17.1. The molecule has 0 spiro atoms. The molecule has 0 saturated heterocycles. The Kier molecular flexibility index (Phi) is 5.81. The van der Waals surface area contributed by atoms with E-state index in [4.69, 9.17) is 17.3 Å². The van der Waals surface area contributed by atoms with Crippen LogP contribution in [0.15, 0.2) is 85.1 Å². The van der Waals surface area contributed by atoms with Gasteiger partial charge < -0.3 is 10.3 Å². The Morgan fingerprint density at radius 2 is 1.69 bits per heavy atom. The normalized spacial score (nSPS) is 11.3. The minimum Gasteiger partial charge on any atom is -0.382 e. The number of nitrogens with two attached hydrogens (primary N) is 1. The number of allylic oxidation sites excluding steroid dienone is 1. The van der Waals surface area contributed by atoms with Crippen molar-refractivity contribution in [2.24, 2.45) is 0 Å². The van der Waals surface area contributed by atoms with Gasteiger partial charge in [-0.3, -0.25) is 0 Å². The fraction of sp³-hybridized carbons (Fsp3) is 0.0357. The molecule has 0 saturated carbocycles. The number of anilines is 1. The largest absolute Gasteiger partial charge is 0.382 e. The third-order valence-electron chi connectivity index (χ3n) is 5.79. The number of benzene rings is 3. The summed E-state index contributed by atoms with van der Waals surface area (Å²) in [6, 6.07) is 29.3. The van der Waals surface area contributed by atoms with Gasteiger partial charge in [0.2, 0.25) is 0 Å². The predicted octanol–water partition coefficient (Wildman–Crippen LogP) is 6.05. The molecule has 0 amide bonds. The number of hydrogen-bond donors (Lipinski definition) is 1. The number of nitrogen functional groups attached to an aromatic ring is 1. The second kappa shape index (κ2) is 9.23. The highest BCUT2D eigenvalue weighted by Crippen LogP contribution is 2.30. The molecule has 3 aromatic carbocycles. The number of hydrogen-bond acceptors (Lipinski definition) is 4. The summed E-state index contributed by atoms with van der Waals surface area (Å²) in [6.07, 6.45) is 3.76. The zero-order valence-corrected chi connectivity index (χ0v) is 19.3. The Morgan fingerprint density at radius 1 is 0.971 bits per heavy atom. The van der Waals surface area contributed by atoms with Gasteiger partial charge in [-0.15, -0.1) is 0 Å². The molecule has 2 aromatic heterocycles. The fourth-order valence-electron chi connectivity index (χ4n) is 4.11.